The summed E-state index contributed by atoms with van der Waals surface area (Å²) in [5.41, 5.74) is 2.01. The van der Waals surface area contributed by atoms with Crippen LogP contribution in [0.15, 0.2) is 36.0 Å². The van der Waals surface area contributed by atoms with Gasteiger partial charge in [-0.15, -0.1) is 0 Å². The fourth-order valence-electron chi connectivity index (χ4n) is 3.24. The minimum atomic E-state index is -0.160. The van der Waals surface area contributed by atoms with E-state index in [-0.39, 0.29) is 11.8 Å². The maximum atomic E-state index is 12.7. The first-order valence-corrected chi connectivity index (χ1v) is 8.04. The van der Waals surface area contributed by atoms with Gasteiger partial charge in [0.2, 0.25) is 0 Å². The van der Waals surface area contributed by atoms with Crippen molar-refractivity contribution in [2.45, 2.75) is 26.7 Å². The Morgan fingerprint density at radius 3 is 2.27 bits per heavy atom. The predicted octanol–water partition coefficient (Wildman–Crippen LogP) is 2.52. The van der Waals surface area contributed by atoms with Crippen LogP contribution in [0.1, 0.15) is 32.3 Å². The summed E-state index contributed by atoms with van der Waals surface area (Å²) in [5, 5.41) is 0. The average Bonchev–Trinajstić information content (AvgIpc) is 2.79. The Hall–Kier alpha value is -2.10. The highest BCUT2D eigenvalue weighted by Crippen LogP contribution is 2.33. The van der Waals surface area contributed by atoms with Gasteiger partial charge < -0.3 is 4.90 Å². The lowest BCUT2D eigenvalue weighted by Gasteiger charge is -2.32. The van der Waals surface area contributed by atoms with Crippen LogP contribution < -0.4 is 0 Å². The molecule has 1 fully saturated rings. The molecule has 2 heterocycles. The van der Waals surface area contributed by atoms with Gasteiger partial charge in [0, 0.05) is 19.6 Å². The van der Waals surface area contributed by atoms with Crippen molar-refractivity contribution in [3.8, 4) is 0 Å². The van der Waals surface area contributed by atoms with Crippen LogP contribution in [-0.2, 0) is 9.59 Å². The van der Waals surface area contributed by atoms with E-state index in [0.717, 1.165) is 31.5 Å². The van der Waals surface area contributed by atoms with Gasteiger partial charge in [-0.25, -0.2) is 0 Å². The summed E-state index contributed by atoms with van der Waals surface area (Å²) >= 11 is 0. The molecule has 2 amide bonds. The molecule has 0 aromatic heterocycles. The highest BCUT2D eigenvalue weighted by molar-refractivity contribution is 6.35. The fraction of sp³-hybridized carbons (Fsp3) is 0.444. The molecular weight excluding hydrogens is 276 g/mol. The van der Waals surface area contributed by atoms with Crippen molar-refractivity contribution < 1.29 is 9.59 Å². The Bertz CT molecular complexity index is 613. The summed E-state index contributed by atoms with van der Waals surface area (Å²) in [5.74, 6) is 0.389. The van der Waals surface area contributed by atoms with Crippen LogP contribution in [0.5, 0.6) is 0 Å². The molecule has 0 spiro atoms. The number of carbonyl (C=O) groups excluding carboxylic acids is 2. The van der Waals surface area contributed by atoms with E-state index in [4.69, 9.17) is 0 Å². The Morgan fingerprint density at radius 2 is 1.68 bits per heavy atom. The third kappa shape index (κ3) is 2.43. The number of likely N-dealkylation sites (tertiary alicyclic amines) is 1. The van der Waals surface area contributed by atoms with Gasteiger partial charge in [-0.05, 0) is 31.2 Å². The second-order valence-electron chi connectivity index (χ2n) is 6.11. The Balaban J connectivity index is 2.05. The molecule has 0 atom stereocenters. The first-order valence-electron chi connectivity index (χ1n) is 8.04. The number of benzene rings is 1. The van der Waals surface area contributed by atoms with E-state index in [0.29, 0.717) is 23.7 Å². The number of piperidine rings is 1. The smallest absolute Gasteiger partial charge is 0.277 e. The van der Waals surface area contributed by atoms with E-state index >= 15 is 0 Å². The van der Waals surface area contributed by atoms with Gasteiger partial charge in [0.25, 0.3) is 11.8 Å². The van der Waals surface area contributed by atoms with E-state index < -0.39 is 0 Å². The van der Waals surface area contributed by atoms with Gasteiger partial charge in [0.1, 0.15) is 5.70 Å². The number of hydrogen-bond donors (Lipinski definition) is 0. The number of likely N-dealkylation sites (N-methyl/N-ethyl adjacent to an activating group) is 1. The summed E-state index contributed by atoms with van der Waals surface area (Å²) in [4.78, 5) is 28.9. The third-order valence-electron chi connectivity index (χ3n) is 4.62. The van der Waals surface area contributed by atoms with E-state index in [2.05, 4.69) is 11.8 Å². The molecule has 4 heteroatoms. The molecule has 0 aliphatic carbocycles. The summed E-state index contributed by atoms with van der Waals surface area (Å²) in [6.45, 7) is 6.21. The average molecular weight is 298 g/mol. The van der Waals surface area contributed by atoms with Gasteiger partial charge >= 0.3 is 0 Å². The lowest BCUT2D eigenvalue weighted by Crippen LogP contribution is -2.38. The zero-order chi connectivity index (χ0) is 15.7. The van der Waals surface area contributed by atoms with Gasteiger partial charge in [0.15, 0.2) is 0 Å². The van der Waals surface area contributed by atoms with Gasteiger partial charge in [-0.3, -0.25) is 14.5 Å². The van der Waals surface area contributed by atoms with E-state index in [1.165, 1.54) is 4.90 Å². The van der Waals surface area contributed by atoms with Crippen LogP contribution in [-0.4, -0.2) is 41.2 Å². The summed E-state index contributed by atoms with van der Waals surface area (Å²) in [6.07, 6.45) is 2.14. The maximum Gasteiger partial charge on any atom is 0.277 e. The zero-order valence-electron chi connectivity index (χ0n) is 13.2. The van der Waals surface area contributed by atoms with E-state index in [1.54, 1.807) is 0 Å². The molecule has 116 valence electrons. The van der Waals surface area contributed by atoms with Crippen molar-refractivity contribution in [1.29, 1.82) is 0 Å². The van der Waals surface area contributed by atoms with Gasteiger partial charge in [-0.2, -0.15) is 0 Å². The minimum absolute atomic E-state index is 0.138. The Morgan fingerprint density at radius 1 is 1.05 bits per heavy atom. The number of carbonyl (C=O) groups is 2. The summed E-state index contributed by atoms with van der Waals surface area (Å²) in [7, 11) is 0. The summed E-state index contributed by atoms with van der Waals surface area (Å²) < 4.78 is 0. The molecular formula is C18H22N2O2. The first-order chi connectivity index (χ1) is 10.6. The monoisotopic (exact) mass is 298 g/mol. The molecule has 0 N–H and O–H groups in total. The van der Waals surface area contributed by atoms with Crippen LogP contribution in [0.3, 0.4) is 0 Å². The second-order valence-corrected chi connectivity index (χ2v) is 6.11. The quantitative estimate of drug-likeness (QED) is 0.805. The Kier molecular flexibility index (Phi) is 4.01. The number of imide groups is 1. The molecule has 1 aromatic rings. The molecule has 2 aliphatic heterocycles. The van der Waals surface area contributed by atoms with Crippen molar-refractivity contribution in [1.82, 2.24) is 9.80 Å². The number of nitrogens with zero attached hydrogens (tertiary/aromatic N) is 2. The van der Waals surface area contributed by atoms with E-state index in [9.17, 15) is 9.59 Å². The van der Waals surface area contributed by atoms with Gasteiger partial charge in [0.05, 0.1) is 5.57 Å². The highest BCUT2D eigenvalue weighted by Gasteiger charge is 2.41. The molecule has 3 rings (SSSR count). The lowest BCUT2D eigenvalue weighted by molar-refractivity contribution is -0.137. The molecule has 22 heavy (non-hydrogen) atoms. The van der Waals surface area contributed by atoms with Crippen molar-refractivity contribution in [3.63, 3.8) is 0 Å². The van der Waals surface area contributed by atoms with Crippen molar-refractivity contribution in [2.24, 2.45) is 5.92 Å². The first kappa shape index (κ1) is 14.8. The minimum Gasteiger partial charge on any atom is -0.366 e. The SMILES string of the molecule is CCN1C(=O)C(c2ccccc2)=C(N2CCC(C)CC2)C1=O. The number of rotatable bonds is 3. The molecule has 0 radical (unpaired) electrons. The standard InChI is InChI=1S/C18H22N2O2/c1-3-20-17(21)15(14-7-5-4-6-8-14)16(18(20)22)19-11-9-13(2)10-12-19/h4-8,13H,3,9-12H2,1-2H3. The second kappa shape index (κ2) is 5.95. The molecule has 1 saturated heterocycles. The van der Waals surface area contributed by atoms with Crippen molar-refractivity contribution in [3.05, 3.63) is 41.6 Å². The molecule has 0 bridgehead atoms. The summed E-state index contributed by atoms with van der Waals surface area (Å²) in [6, 6.07) is 9.55. The van der Waals surface area contributed by atoms with Crippen molar-refractivity contribution in [2.75, 3.05) is 19.6 Å². The molecule has 0 unspecified atom stereocenters. The third-order valence-corrected chi connectivity index (χ3v) is 4.62. The normalized spacial score (nSPS) is 20.3. The van der Waals surface area contributed by atoms with Crippen LogP contribution in [0.2, 0.25) is 0 Å². The van der Waals surface area contributed by atoms with Gasteiger partial charge in [-0.1, -0.05) is 37.3 Å². The number of amides is 2. The largest absolute Gasteiger partial charge is 0.366 e. The molecule has 0 saturated carbocycles. The topological polar surface area (TPSA) is 40.6 Å². The molecule has 4 nitrogen and oxygen atoms in total. The zero-order valence-corrected chi connectivity index (χ0v) is 13.2. The van der Waals surface area contributed by atoms with Crippen LogP contribution >= 0.6 is 0 Å². The highest BCUT2D eigenvalue weighted by atomic mass is 16.2. The lowest BCUT2D eigenvalue weighted by atomic mass is 9.97. The molecule has 1 aromatic carbocycles. The Labute approximate surface area is 131 Å². The maximum absolute atomic E-state index is 12.7. The predicted molar refractivity (Wildman–Crippen MR) is 85.7 cm³/mol. The molecule has 2 aliphatic rings. The fourth-order valence-corrected chi connectivity index (χ4v) is 3.24. The van der Waals surface area contributed by atoms with Crippen molar-refractivity contribution >= 4 is 17.4 Å². The van der Waals surface area contributed by atoms with Crippen LogP contribution in [0.4, 0.5) is 0 Å². The van der Waals surface area contributed by atoms with E-state index in [1.807, 2.05) is 37.3 Å². The van der Waals surface area contributed by atoms with Crippen LogP contribution in [0.25, 0.3) is 5.57 Å². The van der Waals surface area contributed by atoms with Crippen LogP contribution in [0, 0.1) is 5.92 Å². The number of hydrogen-bond acceptors (Lipinski definition) is 3.